The topological polar surface area (TPSA) is 28.2 Å². The van der Waals surface area contributed by atoms with E-state index in [0.29, 0.717) is 0 Å². The van der Waals surface area contributed by atoms with E-state index in [2.05, 4.69) is 51.6 Å². The molecule has 108 valence electrons. The van der Waals surface area contributed by atoms with Crippen LogP contribution in [0.15, 0.2) is 42.6 Å². The maximum absolute atomic E-state index is 4.58. The summed E-state index contributed by atoms with van der Waals surface area (Å²) in [6.45, 7) is 3.00. The highest BCUT2D eigenvalue weighted by atomic mass is 15.2. The van der Waals surface area contributed by atoms with E-state index in [1.165, 1.54) is 29.5 Å². The minimum absolute atomic E-state index is 0.753. The number of fused-ring (bicyclic) bond motifs is 1. The number of anilines is 1. The van der Waals surface area contributed by atoms with Gasteiger partial charge in [0.2, 0.25) is 0 Å². The van der Waals surface area contributed by atoms with E-state index in [1.807, 2.05) is 6.20 Å². The molecule has 2 aliphatic rings. The summed E-state index contributed by atoms with van der Waals surface area (Å²) >= 11 is 0. The number of benzene rings is 1. The van der Waals surface area contributed by atoms with Gasteiger partial charge >= 0.3 is 0 Å². The van der Waals surface area contributed by atoms with E-state index in [9.17, 15) is 0 Å². The molecule has 0 bridgehead atoms. The summed E-state index contributed by atoms with van der Waals surface area (Å²) in [6, 6.07) is 13.9. The Balaban J connectivity index is 1.49. The first-order valence-electron chi connectivity index (χ1n) is 7.88. The molecule has 1 N–H and O–H groups in total. The Hall–Kier alpha value is -1.87. The molecule has 1 fully saturated rings. The third-order valence-corrected chi connectivity index (χ3v) is 4.44. The van der Waals surface area contributed by atoms with E-state index in [4.69, 9.17) is 0 Å². The number of hydrogen-bond donors (Lipinski definition) is 1. The number of pyridine rings is 1. The highest BCUT2D eigenvalue weighted by Gasteiger charge is 2.20. The highest BCUT2D eigenvalue weighted by Crippen LogP contribution is 2.24. The van der Waals surface area contributed by atoms with Gasteiger partial charge in [-0.25, -0.2) is 4.98 Å². The van der Waals surface area contributed by atoms with Crippen molar-refractivity contribution in [1.82, 2.24) is 10.3 Å². The molecule has 0 radical (unpaired) electrons. The lowest BCUT2D eigenvalue weighted by Crippen LogP contribution is -2.31. The summed E-state index contributed by atoms with van der Waals surface area (Å²) in [5.41, 5.74) is 4.26. The lowest BCUT2D eigenvalue weighted by molar-refractivity contribution is 0.683. The maximum atomic E-state index is 4.58. The summed E-state index contributed by atoms with van der Waals surface area (Å²) in [4.78, 5) is 6.97. The van der Waals surface area contributed by atoms with Crippen molar-refractivity contribution in [2.24, 2.45) is 0 Å². The van der Waals surface area contributed by atoms with Crippen molar-refractivity contribution >= 4 is 5.82 Å². The third-order valence-electron chi connectivity index (χ3n) is 4.44. The summed E-state index contributed by atoms with van der Waals surface area (Å²) in [5, 5.41) is 3.57. The minimum Gasteiger partial charge on any atom is -0.352 e. The van der Waals surface area contributed by atoms with E-state index in [-0.39, 0.29) is 0 Å². The first-order valence-corrected chi connectivity index (χ1v) is 7.88. The van der Waals surface area contributed by atoms with Crippen LogP contribution < -0.4 is 10.2 Å². The molecule has 0 saturated heterocycles. The van der Waals surface area contributed by atoms with Crippen molar-refractivity contribution in [3.8, 4) is 0 Å². The zero-order chi connectivity index (χ0) is 14.1. The Kier molecular flexibility index (Phi) is 3.36. The Morgan fingerprint density at radius 2 is 2.00 bits per heavy atom. The van der Waals surface area contributed by atoms with Gasteiger partial charge < -0.3 is 10.2 Å². The van der Waals surface area contributed by atoms with Crippen molar-refractivity contribution in [3.63, 3.8) is 0 Å². The second kappa shape index (κ2) is 5.49. The Morgan fingerprint density at radius 3 is 2.86 bits per heavy atom. The molecule has 0 unspecified atom stereocenters. The van der Waals surface area contributed by atoms with Gasteiger partial charge in [0.25, 0.3) is 0 Å². The summed E-state index contributed by atoms with van der Waals surface area (Å²) in [6.07, 6.45) is 5.73. The maximum Gasteiger partial charge on any atom is 0.129 e. The van der Waals surface area contributed by atoms with E-state index >= 15 is 0 Å². The van der Waals surface area contributed by atoms with Crippen LogP contribution in [0.4, 0.5) is 5.82 Å². The number of nitrogens with one attached hydrogen (secondary N) is 1. The van der Waals surface area contributed by atoms with Crippen molar-refractivity contribution in [3.05, 3.63) is 59.3 Å². The predicted molar refractivity (Wildman–Crippen MR) is 85.3 cm³/mol. The molecular weight excluding hydrogens is 258 g/mol. The smallest absolute Gasteiger partial charge is 0.129 e. The number of rotatable bonds is 4. The molecule has 3 nitrogen and oxygen atoms in total. The van der Waals surface area contributed by atoms with Gasteiger partial charge in [0, 0.05) is 31.9 Å². The predicted octanol–water partition coefficient (Wildman–Crippen LogP) is 2.90. The van der Waals surface area contributed by atoms with Gasteiger partial charge in [-0.15, -0.1) is 0 Å². The second-order valence-electron chi connectivity index (χ2n) is 6.12. The van der Waals surface area contributed by atoms with Crippen LogP contribution in [0.3, 0.4) is 0 Å². The van der Waals surface area contributed by atoms with Crippen LogP contribution in [0.1, 0.15) is 29.5 Å². The highest BCUT2D eigenvalue weighted by molar-refractivity contribution is 5.45. The lowest BCUT2D eigenvalue weighted by Gasteiger charge is -2.30. The van der Waals surface area contributed by atoms with Crippen LogP contribution in [0.5, 0.6) is 0 Å². The third kappa shape index (κ3) is 2.93. The van der Waals surface area contributed by atoms with Crippen LogP contribution in [0.25, 0.3) is 0 Å². The molecule has 4 rings (SSSR count). The van der Waals surface area contributed by atoms with Gasteiger partial charge in [0.05, 0.1) is 0 Å². The van der Waals surface area contributed by atoms with Crippen LogP contribution in [0, 0.1) is 0 Å². The van der Waals surface area contributed by atoms with Gasteiger partial charge in [-0.1, -0.05) is 24.3 Å². The summed E-state index contributed by atoms with van der Waals surface area (Å²) in [5.74, 6) is 1.11. The van der Waals surface area contributed by atoms with Crippen molar-refractivity contribution < 1.29 is 0 Å². The zero-order valence-corrected chi connectivity index (χ0v) is 12.3. The fourth-order valence-electron chi connectivity index (χ4n) is 2.98. The normalized spacial score (nSPS) is 17.6. The van der Waals surface area contributed by atoms with Gasteiger partial charge in [-0.3, -0.25) is 0 Å². The van der Waals surface area contributed by atoms with Gasteiger partial charge in [0.15, 0.2) is 0 Å². The standard InChI is InChI=1S/C18H21N3/c1-2-4-16-13-21(10-8-15(16)3-1)18-11-14(7-9-19-18)12-20-17-5-6-17/h1-4,7,9,11,17,20H,5-6,8,10,12-13H2. The Bertz CT molecular complexity index is 634. The lowest BCUT2D eigenvalue weighted by atomic mass is 10.00. The van der Waals surface area contributed by atoms with Crippen LogP contribution in [-0.4, -0.2) is 17.6 Å². The fraction of sp³-hybridized carbons (Fsp3) is 0.389. The molecule has 3 heteroatoms. The average molecular weight is 279 g/mol. The van der Waals surface area contributed by atoms with Gasteiger partial charge in [-0.2, -0.15) is 0 Å². The van der Waals surface area contributed by atoms with Crippen molar-refractivity contribution in [1.29, 1.82) is 0 Å². The van der Waals surface area contributed by atoms with Crippen LogP contribution in [0.2, 0.25) is 0 Å². The molecule has 2 aromatic rings. The summed E-state index contributed by atoms with van der Waals surface area (Å²) in [7, 11) is 0. The first-order chi connectivity index (χ1) is 10.4. The van der Waals surface area contributed by atoms with Crippen molar-refractivity contribution in [2.45, 2.75) is 38.4 Å². The molecule has 1 saturated carbocycles. The SMILES string of the molecule is c1ccc2c(c1)CCN(c1cc(CNC3CC3)ccn1)C2. The monoisotopic (exact) mass is 279 g/mol. The van der Waals surface area contributed by atoms with E-state index in [1.54, 1.807) is 0 Å². The molecule has 1 aliphatic heterocycles. The van der Waals surface area contributed by atoms with Gasteiger partial charge in [0.1, 0.15) is 5.82 Å². The molecular formula is C18H21N3. The number of nitrogens with zero attached hydrogens (tertiary/aromatic N) is 2. The largest absolute Gasteiger partial charge is 0.352 e. The molecule has 0 spiro atoms. The first kappa shape index (κ1) is 12.8. The minimum atomic E-state index is 0.753. The Morgan fingerprint density at radius 1 is 1.14 bits per heavy atom. The molecule has 2 heterocycles. The van der Waals surface area contributed by atoms with E-state index in [0.717, 1.165) is 37.9 Å². The van der Waals surface area contributed by atoms with Crippen molar-refractivity contribution in [2.75, 3.05) is 11.4 Å². The average Bonchev–Trinajstić information content (AvgIpc) is 3.37. The van der Waals surface area contributed by atoms with Crippen LogP contribution in [-0.2, 0) is 19.5 Å². The molecule has 1 aromatic heterocycles. The van der Waals surface area contributed by atoms with Crippen LogP contribution >= 0.6 is 0 Å². The molecule has 1 aliphatic carbocycles. The fourth-order valence-corrected chi connectivity index (χ4v) is 2.98. The molecule has 1 aromatic carbocycles. The molecule has 0 amide bonds. The molecule has 0 atom stereocenters. The summed E-state index contributed by atoms with van der Waals surface area (Å²) < 4.78 is 0. The van der Waals surface area contributed by atoms with E-state index < -0.39 is 0 Å². The quantitative estimate of drug-likeness (QED) is 0.932. The Labute approximate surface area is 126 Å². The number of hydrogen-bond acceptors (Lipinski definition) is 3. The number of aromatic nitrogens is 1. The zero-order valence-electron chi connectivity index (χ0n) is 12.3. The second-order valence-corrected chi connectivity index (χ2v) is 6.12. The van der Waals surface area contributed by atoms with Gasteiger partial charge in [-0.05, 0) is 48.1 Å². The molecule has 21 heavy (non-hydrogen) atoms.